The predicted octanol–water partition coefficient (Wildman–Crippen LogP) is 7.17. The summed E-state index contributed by atoms with van der Waals surface area (Å²) in [5, 5.41) is 28.2. The van der Waals surface area contributed by atoms with Gasteiger partial charge in [0.1, 0.15) is 22.5 Å². The number of carboxylic acid groups (broad SMARTS) is 1. The van der Waals surface area contributed by atoms with Gasteiger partial charge in [-0.05, 0) is 59.7 Å². The van der Waals surface area contributed by atoms with E-state index in [-0.39, 0.29) is 63.2 Å². The summed E-state index contributed by atoms with van der Waals surface area (Å²) in [5.41, 5.74) is -0.299. The largest absolute Gasteiger partial charge is 0.477 e. The number of aromatic carboxylic acids is 1. The maximum absolute atomic E-state index is 13.4. The number of fused-ring (bicyclic) bond motifs is 2. The molecule has 0 aliphatic rings. The fourth-order valence-corrected chi connectivity index (χ4v) is 6.60. The summed E-state index contributed by atoms with van der Waals surface area (Å²) in [6.07, 6.45) is 2.30. The van der Waals surface area contributed by atoms with Crippen molar-refractivity contribution >= 4 is 81.4 Å². The minimum atomic E-state index is -1.41. The van der Waals surface area contributed by atoms with Gasteiger partial charge in [-0.1, -0.05) is 59.6 Å². The van der Waals surface area contributed by atoms with Gasteiger partial charge >= 0.3 is 11.9 Å². The molecule has 350 valence electrons. The number of para-hydroxylation sites is 2. The molecule has 0 spiro atoms. The highest BCUT2D eigenvalue weighted by Crippen LogP contribution is 2.24. The fraction of sp³-hybridized carbons (Fsp3) is 0.0667. The van der Waals surface area contributed by atoms with Gasteiger partial charge in [-0.3, -0.25) is 19.2 Å². The van der Waals surface area contributed by atoms with Crippen molar-refractivity contribution in [1.29, 1.82) is 0 Å². The van der Waals surface area contributed by atoms with Crippen molar-refractivity contribution in [2.75, 3.05) is 17.7 Å². The Kier molecular flexibility index (Phi) is 14.5. The van der Waals surface area contributed by atoms with Crippen molar-refractivity contribution in [1.82, 2.24) is 39.8 Å². The van der Waals surface area contributed by atoms with Gasteiger partial charge < -0.3 is 31.1 Å². The van der Waals surface area contributed by atoms with E-state index < -0.39 is 64.5 Å². The summed E-state index contributed by atoms with van der Waals surface area (Å²) in [6.45, 7) is -0.319. The summed E-state index contributed by atoms with van der Waals surface area (Å²) in [4.78, 5) is 83.5. The van der Waals surface area contributed by atoms with E-state index in [0.717, 1.165) is 58.7 Å². The van der Waals surface area contributed by atoms with E-state index >= 15 is 0 Å². The molecular weight excluding hydrogens is 955 g/mol. The number of nitrogens with zero attached hydrogens (tertiary/aromatic N) is 6. The molecule has 0 fully saturated rings. The minimum absolute atomic E-state index is 0.0367. The minimum Gasteiger partial charge on any atom is -0.477 e. The van der Waals surface area contributed by atoms with Crippen molar-refractivity contribution < 1.29 is 56.2 Å². The summed E-state index contributed by atoms with van der Waals surface area (Å²) in [5.74, 6) is -9.26. The molecule has 0 saturated heterocycles. The Bertz CT molecular complexity index is 3370. The van der Waals surface area contributed by atoms with Crippen LogP contribution in [0.3, 0.4) is 0 Å². The molecule has 4 aromatic carbocycles. The highest BCUT2D eigenvalue weighted by atomic mass is 35.5. The number of hydrogen-bond acceptors (Lipinski definition) is 11. The lowest BCUT2D eigenvalue weighted by molar-refractivity contribution is 0.0589. The molecule has 0 unspecified atom stereocenters. The first-order valence-corrected chi connectivity index (χ1v) is 20.4. The Morgan fingerprint density at radius 3 is 1.41 bits per heavy atom. The first-order chi connectivity index (χ1) is 33.0. The maximum Gasteiger partial charge on any atom is 0.356 e. The van der Waals surface area contributed by atoms with Crippen LogP contribution in [0, 0.1) is 23.3 Å². The number of ether oxygens (including phenoxy) is 1. The molecule has 8 rings (SSSR count). The molecule has 0 radical (unpaired) electrons. The lowest BCUT2D eigenvalue weighted by atomic mass is 10.2. The van der Waals surface area contributed by atoms with E-state index in [9.17, 15) is 51.4 Å². The van der Waals surface area contributed by atoms with E-state index in [0.29, 0.717) is 22.0 Å². The fourth-order valence-electron chi connectivity index (χ4n) is 6.23. The number of amides is 4. The van der Waals surface area contributed by atoms with Crippen LogP contribution in [0.4, 0.5) is 28.9 Å². The molecule has 4 aromatic heterocycles. The standard InChI is InChI=1S/C23H16ClF2N5O4.C22H14ClF2N5O4/c1-35-23(34)19-9-18(22(33)27-10-12-6-7-15(25)16(26)8-12)29-20-13(11-28-31(19)20)21(32)30-17-5-3-2-4-14(17)24;23-13-3-1-2-4-16(13)29-20(31)12-10-27-30-18(22(33)34)8-17(28-19(12)30)21(32)26-9-11-5-6-14(24)15(25)7-11/h2-9,11H,10H2,1H3,(H,27,33)(H,30,32);1-8,10H,9H2,(H,26,32)(H,29,31)(H,33,34). The second-order valence-corrected chi connectivity index (χ2v) is 15.0. The molecule has 0 aliphatic heterocycles. The number of esters is 1. The van der Waals surface area contributed by atoms with Crippen LogP contribution >= 0.6 is 23.2 Å². The van der Waals surface area contributed by atoms with Gasteiger partial charge in [0, 0.05) is 25.2 Å². The Morgan fingerprint density at radius 1 is 0.580 bits per heavy atom. The van der Waals surface area contributed by atoms with Crippen LogP contribution in [-0.4, -0.2) is 77.0 Å². The van der Waals surface area contributed by atoms with Crippen LogP contribution in [-0.2, 0) is 17.8 Å². The van der Waals surface area contributed by atoms with Gasteiger partial charge in [0.05, 0.1) is 40.9 Å². The van der Waals surface area contributed by atoms with E-state index in [2.05, 4.69) is 41.4 Å². The molecular formula is C45H30Cl2F4N10O8. The number of carboxylic acids is 1. The van der Waals surface area contributed by atoms with Crippen LogP contribution in [0.1, 0.15) is 73.8 Å². The van der Waals surface area contributed by atoms with Gasteiger partial charge in [0.25, 0.3) is 23.6 Å². The van der Waals surface area contributed by atoms with Crippen molar-refractivity contribution in [2.45, 2.75) is 13.1 Å². The van der Waals surface area contributed by atoms with Crippen LogP contribution < -0.4 is 21.3 Å². The summed E-state index contributed by atoms with van der Waals surface area (Å²) in [6, 6.07) is 21.5. The number of halogens is 6. The quantitative estimate of drug-likeness (QED) is 0.0605. The third kappa shape index (κ3) is 10.9. The number of carbonyl (C=O) groups excluding carboxylic acids is 5. The number of anilines is 2. The monoisotopic (exact) mass is 984 g/mol. The normalized spacial score (nSPS) is 10.8. The third-order valence-corrected chi connectivity index (χ3v) is 10.3. The van der Waals surface area contributed by atoms with Gasteiger partial charge in [-0.2, -0.15) is 10.2 Å². The smallest absolute Gasteiger partial charge is 0.356 e. The summed E-state index contributed by atoms with van der Waals surface area (Å²) in [7, 11) is 1.14. The molecule has 8 aromatic rings. The Balaban J connectivity index is 0.000000204. The molecule has 0 aliphatic carbocycles. The van der Waals surface area contributed by atoms with E-state index in [1.165, 1.54) is 18.3 Å². The maximum atomic E-state index is 13.4. The van der Waals surface area contributed by atoms with Crippen LogP contribution in [0.25, 0.3) is 11.3 Å². The second-order valence-electron chi connectivity index (χ2n) is 14.2. The van der Waals surface area contributed by atoms with Gasteiger partial charge in [-0.25, -0.2) is 46.1 Å². The molecule has 24 heteroatoms. The van der Waals surface area contributed by atoms with E-state index in [1.54, 1.807) is 48.5 Å². The Hall–Kier alpha value is -8.76. The van der Waals surface area contributed by atoms with Gasteiger partial charge in [0.15, 0.2) is 46.0 Å². The van der Waals surface area contributed by atoms with Crippen molar-refractivity contribution in [3.05, 3.63) is 188 Å². The molecule has 4 heterocycles. The third-order valence-electron chi connectivity index (χ3n) is 9.63. The first kappa shape index (κ1) is 48.2. The number of methoxy groups -OCH3 is 1. The van der Waals surface area contributed by atoms with Gasteiger partial charge in [-0.15, -0.1) is 0 Å². The molecule has 18 nitrogen and oxygen atoms in total. The lowest BCUT2D eigenvalue weighted by Gasteiger charge is -2.09. The Morgan fingerprint density at radius 2 is 1.00 bits per heavy atom. The molecule has 4 amide bonds. The number of rotatable bonds is 12. The summed E-state index contributed by atoms with van der Waals surface area (Å²) >= 11 is 12.2. The van der Waals surface area contributed by atoms with E-state index in [4.69, 9.17) is 27.9 Å². The molecule has 5 N–H and O–H groups in total. The van der Waals surface area contributed by atoms with Crippen molar-refractivity contribution in [3.63, 3.8) is 0 Å². The number of nitrogens with one attached hydrogen (secondary N) is 4. The highest BCUT2D eigenvalue weighted by molar-refractivity contribution is 6.34. The predicted molar refractivity (Wildman–Crippen MR) is 238 cm³/mol. The zero-order chi connectivity index (χ0) is 49.5. The van der Waals surface area contributed by atoms with Crippen molar-refractivity contribution in [2.24, 2.45) is 0 Å². The average Bonchev–Trinajstić information content (AvgIpc) is 3.98. The molecule has 0 atom stereocenters. The number of aromatic nitrogens is 6. The van der Waals surface area contributed by atoms with Crippen LogP contribution in [0.5, 0.6) is 0 Å². The topological polar surface area (TPSA) is 240 Å². The molecule has 0 bridgehead atoms. The highest BCUT2D eigenvalue weighted by Gasteiger charge is 2.25. The lowest BCUT2D eigenvalue weighted by Crippen LogP contribution is -2.25. The SMILES string of the molecule is COC(=O)c1cc(C(=O)NCc2ccc(F)c(F)c2)nc2c(C(=O)Nc3ccccc3Cl)cnn12.O=C(NCc1ccc(F)c(F)c1)c1cc(C(=O)O)n2ncc(C(=O)Nc3ccccc3Cl)c2n1. The van der Waals surface area contributed by atoms with Crippen LogP contribution in [0.15, 0.2) is 109 Å². The first-order valence-electron chi connectivity index (χ1n) is 19.7. The number of hydrogen-bond donors (Lipinski definition) is 5. The zero-order valence-corrected chi connectivity index (χ0v) is 36.6. The average molecular weight is 986 g/mol. The zero-order valence-electron chi connectivity index (χ0n) is 35.1. The van der Waals surface area contributed by atoms with Crippen LogP contribution in [0.2, 0.25) is 10.0 Å². The van der Waals surface area contributed by atoms with Crippen molar-refractivity contribution in [3.8, 4) is 0 Å². The molecule has 69 heavy (non-hydrogen) atoms. The van der Waals surface area contributed by atoms with Gasteiger partial charge in [0.2, 0.25) is 0 Å². The van der Waals surface area contributed by atoms with E-state index in [1.807, 2.05) is 0 Å². The second kappa shape index (κ2) is 20.8. The number of benzene rings is 4. The Labute approximate surface area is 394 Å². The molecule has 0 saturated carbocycles. The number of carbonyl (C=O) groups is 6. The summed E-state index contributed by atoms with van der Waals surface area (Å²) < 4.78 is 59.8.